The second-order valence-corrected chi connectivity index (χ2v) is 8.57. The summed E-state index contributed by atoms with van der Waals surface area (Å²) >= 11 is 0. The fourth-order valence-electron chi connectivity index (χ4n) is 4.93. The molecule has 0 spiro atoms. The average Bonchev–Trinajstić information content (AvgIpc) is 3.18. The minimum atomic E-state index is -0.628. The van der Waals surface area contributed by atoms with E-state index in [1.807, 2.05) is 30.3 Å². The van der Waals surface area contributed by atoms with Crippen LogP contribution in [0, 0.1) is 0 Å². The summed E-state index contributed by atoms with van der Waals surface area (Å²) in [5.74, 6) is -0.387. The first-order valence-corrected chi connectivity index (χ1v) is 11.0. The molecule has 31 heavy (non-hydrogen) atoms. The van der Waals surface area contributed by atoms with Crippen molar-refractivity contribution < 1.29 is 14.3 Å². The van der Waals surface area contributed by atoms with Crippen LogP contribution in [0.1, 0.15) is 42.0 Å². The van der Waals surface area contributed by atoms with Crippen molar-refractivity contribution in [2.75, 3.05) is 32.6 Å². The number of anilines is 1. The Labute approximate surface area is 184 Å². The lowest BCUT2D eigenvalue weighted by Crippen LogP contribution is -2.48. The van der Waals surface area contributed by atoms with E-state index in [-0.39, 0.29) is 12.0 Å². The number of nitrogens with zero attached hydrogens (tertiary/aromatic N) is 3. The summed E-state index contributed by atoms with van der Waals surface area (Å²) in [7, 11) is 5.35. The van der Waals surface area contributed by atoms with E-state index in [1.54, 1.807) is 16.8 Å². The fourth-order valence-corrected chi connectivity index (χ4v) is 4.93. The van der Waals surface area contributed by atoms with E-state index >= 15 is 0 Å². The van der Waals surface area contributed by atoms with Crippen LogP contribution >= 0.6 is 0 Å². The summed E-state index contributed by atoms with van der Waals surface area (Å²) in [5.41, 5.74) is 4.22. The van der Waals surface area contributed by atoms with Crippen molar-refractivity contribution >= 4 is 17.7 Å². The number of hydrogen-bond acceptors (Lipinski definition) is 4. The van der Waals surface area contributed by atoms with Gasteiger partial charge in [-0.1, -0.05) is 48.9 Å². The molecule has 0 N–H and O–H groups in total. The molecule has 2 aromatic carbocycles. The van der Waals surface area contributed by atoms with Gasteiger partial charge in [-0.05, 0) is 49.2 Å². The van der Waals surface area contributed by atoms with Gasteiger partial charge in [0.05, 0.1) is 7.11 Å². The van der Waals surface area contributed by atoms with Crippen molar-refractivity contribution in [2.45, 2.75) is 44.3 Å². The maximum absolute atomic E-state index is 13.5. The number of urea groups is 1. The van der Waals surface area contributed by atoms with Crippen LogP contribution in [0.2, 0.25) is 0 Å². The SMILES string of the molecule is COC(=O)C1Cc2ccccc2N1C(=O)N(C)Cc1ccccc1C1CCCCN1C. The molecule has 2 aliphatic rings. The number of hydrogen-bond donors (Lipinski definition) is 0. The van der Waals surface area contributed by atoms with Crippen molar-refractivity contribution in [1.82, 2.24) is 9.80 Å². The number of amides is 2. The van der Waals surface area contributed by atoms with Crippen molar-refractivity contribution in [3.8, 4) is 0 Å². The third-order valence-corrected chi connectivity index (χ3v) is 6.57. The first kappa shape index (κ1) is 21.4. The Balaban J connectivity index is 1.58. The largest absolute Gasteiger partial charge is 0.467 e. The van der Waals surface area contributed by atoms with E-state index in [2.05, 4.69) is 30.1 Å². The molecule has 6 nitrogen and oxygen atoms in total. The highest BCUT2D eigenvalue weighted by Gasteiger charge is 2.40. The standard InChI is InChI=1S/C25H31N3O3/c1-26-15-9-8-14-22(26)20-12-6-4-11-19(20)17-27(2)25(30)28-21-13-7-5-10-18(21)16-23(28)24(29)31-3/h4-7,10-13,22-23H,8-9,14-17H2,1-3H3. The van der Waals surface area contributed by atoms with E-state index in [1.165, 1.54) is 25.5 Å². The van der Waals surface area contributed by atoms with E-state index in [0.717, 1.165) is 29.8 Å². The highest BCUT2D eigenvalue weighted by molar-refractivity contribution is 6.01. The van der Waals surface area contributed by atoms with Gasteiger partial charge in [0, 0.05) is 31.7 Å². The summed E-state index contributed by atoms with van der Waals surface area (Å²) in [5, 5.41) is 0. The van der Waals surface area contributed by atoms with E-state index in [0.29, 0.717) is 19.0 Å². The average molecular weight is 422 g/mol. The Bertz CT molecular complexity index is 961. The molecule has 2 aliphatic heterocycles. The lowest BCUT2D eigenvalue weighted by Gasteiger charge is -2.35. The van der Waals surface area contributed by atoms with Gasteiger partial charge < -0.3 is 9.64 Å². The molecule has 2 atom stereocenters. The molecule has 2 amide bonds. The molecule has 0 bridgehead atoms. The Kier molecular flexibility index (Phi) is 6.28. The van der Waals surface area contributed by atoms with Crippen LogP contribution in [-0.4, -0.2) is 55.6 Å². The summed E-state index contributed by atoms with van der Waals surface area (Å²) in [6.07, 6.45) is 4.07. The minimum Gasteiger partial charge on any atom is -0.467 e. The monoisotopic (exact) mass is 421 g/mol. The zero-order valence-electron chi connectivity index (χ0n) is 18.6. The molecule has 2 aromatic rings. The zero-order valence-corrected chi connectivity index (χ0v) is 18.6. The molecule has 6 heteroatoms. The molecule has 0 aliphatic carbocycles. The predicted octanol–water partition coefficient (Wildman–Crippen LogP) is 4.00. The maximum Gasteiger partial charge on any atom is 0.329 e. The Hall–Kier alpha value is -2.86. The molecule has 0 radical (unpaired) electrons. The number of fused-ring (bicyclic) bond motifs is 1. The molecular weight excluding hydrogens is 390 g/mol. The number of carbonyl (C=O) groups excluding carboxylic acids is 2. The van der Waals surface area contributed by atoms with Crippen molar-refractivity contribution in [2.24, 2.45) is 0 Å². The number of ether oxygens (including phenoxy) is 1. The van der Waals surface area contributed by atoms with Crippen LogP contribution in [0.4, 0.5) is 10.5 Å². The number of carbonyl (C=O) groups is 2. The second-order valence-electron chi connectivity index (χ2n) is 8.57. The van der Waals surface area contributed by atoms with Gasteiger partial charge in [0.2, 0.25) is 0 Å². The second kappa shape index (κ2) is 9.10. The smallest absolute Gasteiger partial charge is 0.329 e. The van der Waals surface area contributed by atoms with Crippen LogP contribution in [0.15, 0.2) is 48.5 Å². The van der Waals surface area contributed by atoms with Gasteiger partial charge in [-0.2, -0.15) is 0 Å². The number of esters is 1. The molecule has 2 heterocycles. The van der Waals surface area contributed by atoms with Crippen molar-refractivity contribution in [1.29, 1.82) is 0 Å². The van der Waals surface area contributed by atoms with Crippen molar-refractivity contribution in [3.63, 3.8) is 0 Å². The Morgan fingerprint density at radius 2 is 1.84 bits per heavy atom. The summed E-state index contributed by atoms with van der Waals surface area (Å²) < 4.78 is 5.00. The van der Waals surface area contributed by atoms with E-state index in [9.17, 15) is 9.59 Å². The van der Waals surface area contributed by atoms with Crippen LogP contribution in [0.25, 0.3) is 0 Å². The van der Waals surface area contributed by atoms with E-state index in [4.69, 9.17) is 4.74 Å². The quantitative estimate of drug-likeness (QED) is 0.701. The third-order valence-electron chi connectivity index (χ3n) is 6.57. The lowest BCUT2D eigenvalue weighted by molar-refractivity contribution is -0.141. The van der Waals surface area contributed by atoms with Crippen LogP contribution < -0.4 is 4.90 Å². The Morgan fingerprint density at radius 3 is 2.61 bits per heavy atom. The van der Waals surface area contributed by atoms with Gasteiger partial charge in [0.15, 0.2) is 0 Å². The Morgan fingerprint density at radius 1 is 1.10 bits per heavy atom. The van der Waals surface area contributed by atoms with Crippen LogP contribution in [0.3, 0.4) is 0 Å². The number of para-hydroxylation sites is 1. The first-order valence-electron chi connectivity index (χ1n) is 11.0. The zero-order chi connectivity index (χ0) is 22.0. The summed E-state index contributed by atoms with van der Waals surface area (Å²) in [4.78, 5) is 31.7. The number of rotatable bonds is 4. The minimum absolute atomic E-state index is 0.188. The lowest BCUT2D eigenvalue weighted by atomic mass is 9.92. The van der Waals surface area contributed by atoms with Gasteiger partial charge in [-0.15, -0.1) is 0 Å². The topological polar surface area (TPSA) is 53.1 Å². The molecule has 2 unspecified atom stereocenters. The molecule has 1 saturated heterocycles. The highest BCUT2D eigenvalue weighted by Crippen LogP contribution is 2.35. The highest BCUT2D eigenvalue weighted by atomic mass is 16.5. The van der Waals surface area contributed by atoms with Crippen LogP contribution in [-0.2, 0) is 22.5 Å². The van der Waals surface area contributed by atoms with Gasteiger partial charge in [-0.3, -0.25) is 9.80 Å². The number of methoxy groups -OCH3 is 1. The number of benzene rings is 2. The summed E-state index contributed by atoms with van der Waals surface area (Å²) in [6.45, 7) is 1.59. The molecular formula is C25H31N3O3. The molecule has 0 aromatic heterocycles. The van der Waals surface area contributed by atoms with Crippen LogP contribution in [0.5, 0.6) is 0 Å². The van der Waals surface area contributed by atoms with Gasteiger partial charge in [0.1, 0.15) is 6.04 Å². The number of piperidine rings is 1. The predicted molar refractivity (Wildman–Crippen MR) is 121 cm³/mol. The fraction of sp³-hybridized carbons (Fsp3) is 0.440. The molecule has 0 saturated carbocycles. The maximum atomic E-state index is 13.5. The van der Waals surface area contributed by atoms with Gasteiger partial charge >= 0.3 is 12.0 Å². The normalized spacial score (nSPS) is 20.9. The molecule has 4 rings (SSSR count). The summed E-state index contributed by atoms with van der Waals surface area (Å²) in [6, 6.07) is 15.7. The first-order chi connectivity index (χ1) is 15.0. The van der Waals surface area contributed by atoms with Gasteiger partial charge in [0.25, 0.3) is 0 Å². The molecule has 1 fully saturated rings. The number of likely N-dealkylation sites (tertiary alicyclic amines) is 1. The van der Waals surface area contributed by atoms with Gasteiger partial charge in [-0.25, -0.2) is 9.59 Å². The third kappa shape index (κ3) is 4.17. The van der Waals surface area contributed by atoms with Crippen molar-refractivity contribution in [3.05, 3.63) is 65.2 Å². The molecule has 164 valence electrons. The van der Waals surface area contributed by atoms with E-state index < -0.39 is 6.04 Å².